The van der Waals surface area contributed by atoms with Crippen LogP contribution in [0.4, 0.5) is 0 Å². The molecule has 92 valence electrons. The predicted molar refractivity (Wildman–Crippen MR) is 66.5 cm³/mol. The third-order valence-corrected chi connectivity index (χ3v) is 3.94. The molecule has 0 saturated heterocycles. The van der Waals surface area contributed by atoms with Gasteiger partial charge in [-0.3, -0.25) is 0 Å². The van der Waals surface area contributed by atoms with Gasteiger partial charge in [-0.15, -0.1) is 0 Å². The highest BCUT2D eigenvalue weighted by Crippen LogP contribution is 2.40. The molecule has 0 fully saturated rings. The molecule has 0 aliphatic carbocycles. The van der Waals surface area contributed by atoms with Gasteiger partial charge in [-0.2, -0.15) is 0 Å². The van der Waals surface area contributed by atoms with Crippen molar-refractivity contribution >= 4 is 0 Å². The van der Waals surface area contributed by atoms with Gasteiger partial charge in [-0.05, 0) is 42.1 Å². The predicted octanol–water partition coefficient (Wildman–Crippen LogP) is 2.65. The van der Waals surface area contributed by atoms with E-state index in [1.54, 1.807) is 0 Å². The van der Waals surface area contributed by atoms with Gasteiger partial charge in [0.2, 0.25) is 6.79 Å². The van der Waals surface area contributed by atoms with Gasteiger partial charge in [0.1, 0.15) is 0 Å². The molecule has 2 heterocycles. The highest BCUT2D eigenvalue weighted by molar-refractivity contribution is 5.50. The van der Waals surface area contributed by atoms with Crippen LogP contribution in [0.5, 0.6) is 11.5 Å². The fourth-order valence-corrected chi connectivity index (χ4v) is 2.72. The molecule has 2 aliphatic heterocycles. The van der Waals surface area contributed by atoms with Gasteiger partial charge in [-0.25, -0.2) is 0 Å². The second kappa shape index (κ2) is 4.22. The van der Waals surface area contributed by atoms with E-state index in [-0.39, 0.29) is 0 Å². The van der Waals surface area contributed by atoms with Crippen molar-refractivity contribution < 1.29 is 9.47 Å². The van der Waals surface area contributed by atoms with Crippen LogP contribution in [-0.4, -0.2) is 13.3 Å². The van der Waals surface area contributed by atoms with E-state index >= 15 is 0 Å². The van der Waals surface area contributed by atoms with E-state index in [1.807, 2.05) is 0 Å². The van der Waals surface area contributed by atoms with E-state index in [0.29, 0.717) is 18.8 Å². The lowest BCUT2D eigenvalue weighted by Crippen LogP contribution is -2.33. The molecule has 2 unspecified atom stereocenters. The average Bonchev–Trinajstić information content (AvgIpc) is 2.81. The normalized spacial score (nSPS) is 23.3. The van der Waals surface area contributed by atoms with Crippen molar-refractivity contribution in [3.63, 3.8) is 0 Å². The summed E-state index contributed by atoms with van der Waals surface area (Å²) in [6.45, 7) is 5.96. The van der Waals surface area contributed by atoms with E-state index in [2.05, 4.69) is 31.3 Å². The molecular weight excluding hydrogens is 214 g/mol. The molecule has 3 nitrogen and oxygen atoms in total. The highest BCUT2D eigenvalue weighted by Gasteiger charge is 2.27. The minimum absolute atomic E-state index is 0.361. The summed E-state index contributed by atoms with van der Waals surface area (Å²) in [4.78, 5) is 0. The topological polar surface area (TPSA) is 30.5 Å². The second-order valence-electron chi connectivity index (χ2n) is 4.97. The maximum atomic E-state index is 5.48. The first-order valence-corrected chi connectivity index (χ1v) is 6.45. The summed E-state index contributed by atoms with van der Waals surface area (Å²) in [7, 11) is 0. The number of hydrogen-bond acceptors (Lipinski definition) is 3. The first-order chi connectivity index (χ1) is 8.29. The molecule has 1 aromatic carbocycles. The molecule has 0 bridgehead atoms. The van der Waals surface area contributed by atoms with E-state index in [1.165, 1.54) is 17.5 Å². The molecule has 3 rings (SSSR count). The zero-order valence-electron chi connectivity index (χ0n) is 10.5. The summed E-state index contributed by atoms with van der Waals surface area (Å²) in [5.74, 6) is 2.46. The van der Waals surface area contributed by atoms with Gasteiger partial charge < -0.3 is 14.8 Å². The molecule has 0 amide bonds. The van der Waals surface area contributed by atoms with Crippen LogP contribution in [0.2, 0.25) is 0 Å². The van der Waals surface area contributed by atoms with Gasteiger partial charge in [0, 0.05) is 6.04 Å². The number of hydrogen-bond donors (Lipinski definition) is 1. The summed E-state index contributed by atoms with van der Waals surface area (Å²) in [6, 6.07) is 4.78. The Morgan fingerprint density at radius 3 is 2.88 bits per heavy atom. The van der Waals surface area contributed by atoms with E-state index in [4.69, 9.17) is 9.47 Å². The Morgan fingerprint density at radius 1 is 1.35 bits per heavy atom. The smallest absolute Gasteiger partial charge is 0.231 e. The Bertz CT molecular complexity index is 430. The van der Waals surface area contributed by atoms with E-state index in [9.17, 15) is 0 Å². The maximum Gasteiger partial charge on any atom is 0.231 e. The molecule has 3 heteroatoms. The first-order valence-electron chi connectivity index (χ1n) is 6.45. The monoisotopic (exact) mass is 233 g/mol. The Morgan fingerprint density at radius 2 is 2.12 bits per heavy atom. The van der Waals surface area contributed by atoms with E-state index < -0.39 is 0 Å². The summed E-state index contributed by atoms with van der Waals surface area (Å²) in [5.41, 5.74) is 2.81. The molecule has 0 aromatic heterocycles. The minimum atomic E-state index is 0.361. The van der Waals surface area contributed by atoms with Crippen LogP contribution in [0.15, 0.2) is 12.1 Å². The van der Waals surface area contributed by atoms with Crippen molar-refractivity contribution in [3.05, 3.63) is 23.3 Å². The fourth-order valence-electron chi connectivity index (χ4n) is 2.72. The van der Waals surface area contributed by atoms with Crippen molar-refractivity contribution in [1.82, 2.24) is 5.32 Å². The average molecular weight is 233 g/mol. The molecule has 1 aromatic rings. The van der Waals surface area contributed by atoms with Gasteiger partial charge in [-0.1, -0.05) is 20.3 Å². The van der Waals surface area contributed by atoms with Crippen LogP contribution in [0.1, 0.15) is 37.4 Å². The molecule has 1 N–H and O–H groups in total. The molecular formula is C14H19NO2. The van der Waals surface area contributed by atoms with Gasteiger partial charge >= 0.3 is 0 Å². The lowest BCUT2D eigenvalue weighted by Gasteiger charge is -2.31. The van der Waals surface area contributed by atoms with Crippen molar-refractivity contribution in [2.45, 2.75) is 32.7 Å². The van der Waals surface area contributed by atoms with Crippen molar-refractivity contribution in [2.75, 3.05) is 13.3 Å². The molecule has 0 saturated carbocycles. The molecule has 0 radical (unpaired) electrons. The number of fused-ring (bicyclic) bond motifs is 2. The number of rotatable bonds is 2. The fraction of sp³-hybridized carbons (Fsp3) is 0.571. The third kappa shape index (κ3) is 1.78. The SMILES string of the molecule is CCC(C)C1NCCc2cc3c(cc21)OCO3. The highest BCUT2D eigenvalue weighted by atomic mass is 16.7. The molecule has 2 aliphatic rings. The quantitative estimate of drug-likeness (QED) is 0.851. The molecule has 17 heavy (non-hydrogen) atoms. The number of ether oxygens (including phenoxy) is 2. The lowest BCUT2D eigenvalue weighted by atomic mass is 9.85. The van der Waals surface area contributed by atoms with Crippen molar-refractivity contribution in [1.29, 1.82) is 0 Å². The maximum absolute atomic E-state index is 5.48. The Balaban J connectivity index is 2.01. The van der Waals surface area contributed by atoms with Gasteiger partial charge in [0.15, 0.2) is 11.5 Å². The largest absolute Gasteiger partial charge is 0.454 e. The summed E-state index contributed by atoms with van der Waals surface area (Å²) < 4.78 is 10.9. The van der Waals surface area contributed by atoms with E-state index in [0.717, 1.165) is 24.5 Å². The van der Waals surface area contributed by atoms with Gasteiger partial charge in [0.25, 0.3) is 0 Å². The lowest BCUT2D eigenvalue weighted by molar-refractivity contribution is 0.174. The first kappa shape index (κ1) is 10.9. The Labute approximate surface area is 102 Å². The zero-order chi connectivity index (χ0) is 11.8. The summed E-state index contributed by atoms with van der Waals surface area (Å²) >= 11 is 0. The van der Waals surface area contributed by atoms with Crippen LogP contribution in [0, 0.1) is 5.92 Å². The Kier molecular flexibility index (Phi) is 2.71. The third-order valence-electron chi connectivity index (χ3n) is 3.94. The van der Waals surface area contributed by atoms with Crippen LogP contribution in [0.25, 0.3) is 0 Å². The summed E-state index contributed by atoms with van der Waals surface area (Å²) in [6.07, 6.45) is 2.27. The minimum Gasteiger partial charge on any atom is -0.454 e. The number of benzene rings is 1. The van der Waals surface area contributed by atoms with Gasteiger partial charge in [0.05, 0.1) is 0 Å². The number of nitrogens with one attached hydrogen (secondary N) is 1. The Hall–Kier alpha value is -1.22. The van der Waals surface area contributed by atoms with Crippen molar-refractivity contribution in [3.8, 4) is 11.5 Å². The zero-order valence-corrected chi connectivity index (χ0v) is 10.5. The van der Waals surface area contributed by atoms with Crippen LogP contribution >= 0.6 is 0 Å². The molecule has 2 atom stereocenters. The van der Waals surface area contributed by atoms with Crippen LogP contribution in [0.3, 0.4) is 0 Å². The summed E-state index contributed by atoms with van der Waals surface area (Å²) in [5, 5.41) is 3.62. The van der Waals surface area contributed by atoms with Crippen molar-refractivity contribution in [2.24, 2.45) is 5.92 Å². The second-order valence-corrected chi connectivity index (χ2v) is 4.97. The van der Waals surface area contributed by atoms with Crippen LogP contribution in [-0.2, 0) is 6.42 Å². The standard InChI is InChI=1S/C14H19NO2/c1-3-9(2)14-11-7-13-12(16-8-17-13)6-10(11)4-5-15-14/h6-7,9,14-15H,3-5,8H2,1-2H3. The molecule has 0 spiro atoms. The van der Waals surface area contributed by atoms with Crippen LogP contribution < -0.4 is 14.8 Å².